The molecule has 9 heteroatoms. The summed E-state index contributed by atoms with van der Waals surface area (Å²) < 4.78 is 27.4. The quantitative estimate of drug-likeness (QED) is 0.812. The second kappa shape index (κ2) is 5.43. The summed E-state index contributed by atoms with van der Waals surface area (Å²) in [5.74, 6) is 0. The summed E-state index contributed by atoms with van der Waals surface area (Å²) in [5, 5.41) is 8.63. The summed E-state index contributed by atoms with van der Waals surface area (Å²) in [5.41, 5.74) is 5.88. The molecule has 0 unspecified atom stereocenters. The molecule has 0 aliphatic heterocycles. The highest BCUT2D eigenvalue weighted by atomic mass is 79.9. The minimum Gasteiger partial charge on any atom is -0.398 e. The molecule has 0 aliphatic carbocycles. The lowest BCUT2D eigenvalue weighted by molar-refractivity contribution is 0.601. The number of nitrogens with one attached hydrogen (secondary N) is 1. The standard InChI is InChI=1S/C10H11BrN4O2S2/c1-2-9-13-14-10(18-9)15-19(16,17)8-4-3-6(11)5-7(8)12/h3-5H,2,12H2,1H3,(H,14,15). The third-order valence-corrected chi connectivity index (χ3v) is 5.27. The highest BCUT2D eigenvalue weighted by Crippen LogP contribution is 2.26. The number of hydrogen-bond donors (Lipinski definition) is 2. The van der Waals surface area contributed by atoms with Crippen LogP contribution in [0.4, 0.5) is 10.8 Å². The Kier molecular flexibility index (Phi) is 4.07. The maximum absolute atomic E-state index is 12.2. The van der Waals surface area contributed by atoms with Gasteiger partial charge in [-0.3, -0.25) is 4.72 Å². The molecule has 1 aromatic carbocycles. The van der Waals surface area contributed by atoms with Gasteiger partial charge in [0, 0.05) is 4.47 Å². The molecule has 0 atom stereocenters. The van der Waals surface area contributed by atoms with Gasteiger partial charge in [-0.25, -0.2) is 8.42 Å². The predicted octanol–water partition coefficient (Wildman–Crippen LogP) is 2.25. The molecule has 0 bridgehead atoms. The van der Waals surface area contributed by atoms with Crippen molar-refractivity contribution in [1.29, 1.82) is 0 Å². The molecule has 0 amide bonds. The van der Waals surface area contributed by atoms with E-state index in [4.69, 9.17) is 5.73 Å². The smallest absolute Gasteiger partial charge is 0.265 e. The van der Waals surface area contributed by atoms with Crippen molar-refractivity contribution >= 4 is 48.1 Å². The van der Waals surface area contributed by atoms with Crippen molar-refractivity contribution in [2.45, 2.75) is 18.2 Å². The number of nitrogens with two attached hydrogens (primary N) is 1. The molecule has 1 heterocycles. The number of aromatic nitrogens is 2. The van der Waals surface area contributed by atoms with Crippen LogP contribution >= 0.6 is 27.3 Å². The molecule has 19 heavy (non-hydrogen) atoms. The van der Waals surface area contributed by atoms with Crippen molar-refractivity contribution in [1.82, 2.24) is 10.2 Å². The molecule has 0 saturated carbocycles. The molecule has 0 aliphatic rings. The Balaban J connectivity index is 2.32. The van der Waals surface area contributed by atoms with Crippen LogP contribution in [0.1, 0.15) is 11.9 Å². The first-order valence-corrected chi connectivity index (χ1v) is 8.42. The molecule has 0 saturated heterocycles. The van der Waals surface area contributed by atoms with Gasteiger partial charge in [0.05, 0.1) is 5.69 Å². The molecule has 0 radical (unpaired) electrons. The van der Waals surface area contributed by atoms with E-state index in [1.165, 1.54) is 23.5 Å². The van der Waals surface area contributed by atoms with E-state index >= 15 is 0 Å². The van der Waals surface area contributed by atoms with Crippen molar-refractivity contribution in [2.24, 2.45) is 0 Å². The lowest BCUT2D eigenvalue weighted by Gasteiger charge is -2.07. The zero-order chi connectivity index (χ0) is 14.0. The lowest BCUT2D eigenvalue weighted by atomic mass is 10.3. The fourth-order valence-corrected chi connectivity index (χ4v) is 3.77. The van der Waals surface area contributed by atoms with Gasteiger partial charge in [0.1, 0.15) is 9.90 Å². The average Bonchev–Trinajstić information content (AvgIpc) is 2.75. The fourth-order valence-electron chi connectivity index (χ4n) is 1.37. The Morgan fingerprint density at radius 1 is 1.42 bits per heavy atom. The van der Waals surface area contributed by atoms with Gasteiger partial charge in [-0.2, -0.15) is 0 Å². The molecule has 102 valence electrons. The van der Waals surface area contributed by atoms with Crippen LogP contribution in [0, 0.1) is 0 Å². The van der Waals surface area contributed by atoms with Gasteiger partial charge in [0.25, 0.3) is 10.0 Å². The van der Waals surface area contributed by atoms with Gasteiger partial charge in [0.2, 0.25) is 5.13 Å². The van der Waals surface area contributed by atoms with E-state index < -0.39 is 10.0 Å². The van der Waals surface area contributed by atoms with E-state index in [-0.39, 0.29) is 15.7 Å². The van der Waals surface area contributed by atoms with E-state index in [1.807, 2.05) is 6.92 Å². The zero-order valence-corrected chi connectivity index (χ0v) is 13.1. The van der Waals surface area contributed by atoms with Crippen LogP contribution in [0.3, 0.4) is 0 Å². The highest BCUT2D eigenvalue weighted by molar-refractivity contribution is 9.10. The summed E-state index contributed by atoms with van der Waals surface area (Å²) in [7, 11) is -3.74. The van der Waals surface area contributed by atoms with Crippen molar-refractivity contribution in [3.05, 3.63) is 27.7 Å². The Hall–Kier alpha value is -1.19. The normalized spacial score (nSPS) is 11.5. The average molecular weight is 363 g/mol. The van der Waals surface area contributed by atoms with Crippen LogP contribution < -0.4 is 10.5 Å². The molecule has 0 fully saturated rings. The van der Waals surface area contributed by atoms with Crippen LogP contribution in [-0.2, 0) is 16.4 Å². The number of aryl methyl sites for hydroxylation is 1. The molecular weight excluding hydrogens is 352 g/mol. The SMILES string of the molecule is CCc1nnc(NS(=O)(=O)c2ccc(Br)cc2N)s1. The van der Waals surface area contributed by atoms with Crippen LogP contribution in [0.5, 0.6) is 0 Å². The monoisotopic (exact) mass is 362 g/mol. The van der Waals surface area contributed by atoms with Crippen LogP contribution in [0.15, 0.2) is 27.6 Å². The highest BCUT2D eigenvalue weighted by Gasteiger charge is 2.19. The summed E-state index contributed by atoms with van der Waals surface area (Å²) in [6.45, 7) is 1.92. The van der Waals surface area contributed by atoms with Crippen LogP contribution in [0.25, 0.3) is 0 Å². The third-order valence-electron chi connectivity index (χ3n) is 2.25. The molecule has 6 nitrogen and oxygen atoms in total. The van der Waals surface area contributed by atoms with E-state index in [2.05, 4.69) is 30.8 Å². The van der Waals surface area contributed by atoms with Crippen LogP contribution in [0.2, 0.25) is 0 Å². The van der Waals surface area contributed by atoms with Crippen molar-refractivity contribution < 1.29 is 8.42 Å². The first-order chi connectivity index (χ1) is 8.92. The fraction of sp³-hybridized carbons (Fsp3) is 0.200. The number of sulfonamides is 1. The number of rotatable bonds is 4. The number of benzene rings is 1. The number of hydrogen-bond acceptors (Lipinski definition) is 6. The minimum atomic E-state index is -3.74. The van der Waals surface area contributed by atoms with Crippen LogP contribution in [-0.4, -0.2) is 18.6 Å². The molecule has 2 aromatic rings. The first-order valence-electron chi connectivity index (χ1n) is 5.32. The van der Waals surface area contributed by atoms with E-state index in [1.54, 1.807) is 6.07 Å². The second-order valence-electron chi connectivity index (χ2n) is 3.64. The van der Waals surface area contributed by atoms with Gasteiger partial charge in [0.15, 0.2) is 0 Å². The Morgan fingerprint density at radius 2 is 2.16 bits per heavy atom. The van der Waals surface area contributed by atoms with Gasteiger partial charge >= 0.3 is 0 Å². The molecule has 2 rings (SSSR count). The molecule has 1 aromatic heterocycles. The Labute approximate surface area is 123 Å². The number of nitrogen functional groups attached to an aromatic ring is 1. The van der Waals surface area contributed by atoms with Gasteiger partial charge in [-0.15, -0.1) is 10.2 Å². The summed E-state index contributed by atoms with van der Waals surface area (Å²) in [4.78, 5) is 0.0175. The predicted molar refractivity (Wildman–Crippen MR) is 78.6 cm³/mol. The number of nitrogens with zero attached hydrogens (tertiary/aromatic N) is 2. The Morgan fingerprint density at radius 3 is 2.74 bits per heavy atom. The van der Waals surface area contributed by atoms with Gasteiger partial charge in [-0.05, 0) is 24.6 Å². The van der Waals surface area contributed by atoms with E-state index in [9.17, 15) is 8.42 Å². The van der Waals surface area contributed by atoms with Gasteiger partial charge in [-0.1, -0.05) is 34.2 Å². The molecule has 0 spiro atoms. The van der Waals surface area contributed by atoms with E-state index in [0.29, 0.717) is 10.9 Å². The lowest BCUT2D eigenvalue weighted by Crippen LogP contribution is -2.14. The Bertz CT molecular complexity index is 699. The number of anilines is 2. The summed E-state index contributed by atoms with van der Waals surface area (Å²) in [6, 6.07) is 4.58. The maximum atomic E-state index is 12.2. The van der Waals surface area contributed by atoms with Crippen molar-refractivity contribution in [3.8, 4) is 0 Å². The minimum absolute atomic E-state index is 0.0175. The summed E-state index contributed by atoms with van der Waals surface area (Å²) >= 11 is 4.43. The first kappa shape index (κ1) is 14.2. The summed E-state index contributed by atoms with van der Waals surface area (Å²) in [6.07, 6.45) is 0.708. The van der Waals surface area contributed by atoms with E-state index in [0.717, 1.165) is 5.01 Å². The van der Waals surface area contributed by atoms with Crippen molar-refractivity contribution in [2.75, 3.05) is 10.5 Å². The number of halogens is 1. The maximum Gasteiger partial charge on any atom is 0.265 e. The third kappa shape index (κ3) is 3.23. The van der Waals surface area contributed by atoms with Crippen molar-refractivity contribution in [3.63, 3.8) is 0 Å². The topological polar surface area (TPSA) is 98.0 Å². The van der Waals surface area contributed by atoms with Gasteiger partial charge < -0.3 is 5.73 Å². The molecule has 3 N–H and O–H groups in total. The molecular formula is C10H11BrN4O2S2. The largest absolute Gasteiger partial charge is 0.398 e. The zero-order valence-electron chi connectivity index (χ0n) is 9.92. The second-order valence-corrected chi connectivity index (χ2v) is 7.27.